The smallest absolute Gasteiger partial charge is 0.169 e. The van der Waals surface area contributed by atoms with Gasteiger partial charge in [0.05, 0.1) is 0 Å². The van der Waals surface area contributed by atoms with Crippen molar-refractivity contribution in [2.24, 2.45) is 0 Å². The Hall–Kier alpha value is -1.94. The van der Waals surface area contributed by atoms with Crippen LogP contribution in [0.2, 0.25) is 0 Å². The first-order valence-electron chi connectivity index (χ1n) is 7.71. The van der Waals surface area contributed by atoms with Gasteiger partial charge in [-0.05, 0) is 49.2 Å². The zero-order valence-corrected chi connectivity index (χ0v) is 13.6. The van der Waals surface area contributed by atoms with Gasteiger partial charge in [0.1, 0.15) is 0 Å². The van der Waals surface area contributed by atoms with Gasteiger partial charge in [-0.2, -0.15) is 0 Å². The Morgan fingerprint density at radius 2 is 2.00 bits per heavy atom. The van der Waals surface area contributed by atoms with Crippen LogP contribution in [0.5, 0.6) is 0 Å². The van der Waals surface area contributed by atoms with Crippen molar-refractivity contribution in [2.45, 2.75) is 38.9 Å². The van der Waals surface area contributed by atoms with Gasteiger partial charge in [-0.1, -0.05) is 35.9 Å². The molecule has 0 unspecified atom stereocenters. The third-order valence-corrected chi connectivity index (χ3v) is 4.27. The lowest BCUT2D eigenvalue weighted by Crippen LogP contribution is -2.40. The first-order valence-corrected chi connectivity index (χ1v) is 8.12. The molecule has 1 aliphatic carbocycles. The van der Waals surface area contributed by atoms with Gasteiger partial charge in [-0.25, -0.2) is 0 Å². The first-order chi connectivity index (χ1) is 10.7. The molecule has 1 fully saturated rings. The molecule has 0 amide bonds. The van der Waals surface area contributed by atoms with E-state index in [4.69, 9.17) is 12.2 Å². The summed E-state index contributed by atoms with van der Waals surface area (Å²) < 4.78 is 0. The fourth-order valence-corrected chi connectivity index (χ4v) is 2.71. The Balaban J connectivity index is 1.59. The monoisotopic (exact) mass is 311 g/mol. The van der Waals surface area contributed by atoms with E-state index in [1.807, 2.05) is 12.3 Å². The number of pyridine rings is 1. The van der Waals surface area contributed by atoms with Crippen LogP contribution in [0.25, 0.3) is 0 Å². The van der Waals surface area contributed by atoms with Gasteiger partial charge in [0.2, 0.25) is 0 Å². The van der Waals surface area contributed by atoms with E-state index in [0.717, 1.165) is 18.2 Å². The normalized spacial score (nSPS) is 13.7. The van der Waals surface area contributed by atoms with Crippen LogP contribution in [0, 0.1) is 6.92 Å². The maximum atomic E-state index is 5.61. The maximum Gasteiger partial charge on any atom is 0.169 e. The molecule has 0 saturated heterocycles. The van der Waals surface area contributed by atoms with Crippen LogP contribution in [0.4, 0.5) is 0 Å². The summed E-state index contributed by atoms with van der Waals surface area (Å²) in [6.07, 6.45) is 6.18. The molecular formula is C18H21N3S. The molecule has 1 N–H and O–H groups in total. The van der Waals surface area contributed by atoms with Crippen molar-refractivity contribution in [2.75, 3.05) is 0 Å². The lowest BCUT2D eigenvalue weighted by molar-refractivity contribution is 0.395. The summed E-state index contributed by atoms with van der Waals surface area (Å²) in [4.78, 5) is 6.48. The van der Waals surface area contributed by atoms with Crippen molar-refractivity contribution in [1.29, 1.82) is 0 Å². The average molecular weight is 311 g/mol. The standard InChI is InChI=1S/C18H21N3S/c1-14-4-6-15(7-5-14)12-20-18(22)21(17-8-9-17)13-16-3-2-10-19-11-16/h2-7,10-11,17H,8-9,12-13H2,1H3,(H,20,22). The number of hydrogen-bond acceptors (Lipinski definition) is 2. The molecule has 0 aliphatic heterocycles. The fourth-order valence-electron chi connectivity index (χ4n) is 2.43. The molecule has 2 aromatic rings. The molecule has 1 heterocycles. The van der Waals surface area contributed by atoms with Gasteiger partial charge in [-0.3, -0.25) is 4.98 Å². The number of nitrogens with zero attached hydrogens (tertiary/aromatic N) is 2. The second-order valence-electron chi connectivity index (χ2n) is 5.86. The number of aryl methyl sites for hydroxylation is 1. The lowest BCUT2D eigenvalue weighted by Gasteiger charge is -2.26. The highest BCUT2D eigenvalue weighted by Crippen LogP contribution is 2.28. The molecule has 0 bridgehead atoms. The van der Waals surface area contributed by atoms with Crippen molar-refractivity contribution in [1.82, 2.24) is 15.2 Å². The highest BCUT2D eigenvalue weighted by atomic mass is 32.1. The number of nitrogens with one attached hydrogen (secondary N) is 1. The minimum atomic E-state index is 0.582. The van der Waals surface area contributed by atoms with Crippen LogP contribution in [0.3, 0.4) is 0 Å². The Kier molecular flexibility index (Phi) is 4.68. The van der Waals surface area contributed by atoms with E-state index in [-0.39, 0.29) is 0 Å². The van der Waals surface area contributed by atoms with Gasteiger partial charge < -0.3 is 10.2 Å². The predicted octanol–water partition coefficient (Wildman–Crippen LogP) is 3.43. The second kappa shape index (κ2) is 6.88. The number of aromatic nitrogens is 1. The number of hydrogen-bond donors (Lipinski definition) is 1. The van der Waals surface area contributed by atoms with Crippen LogP contribution >= 0.6 is 12.2 Å². The van der Waals surface area contributed by atoms with E-state index in [9.17, 15) is 0 Å². The second-order valence-corrected chi connectivity index (χ2v) is 6.25. The van der Waals surface area contributed by atoms with E-state index < -0.39 is 0 Å². The fraction of sp³-hybridized carbons (Fsp3) is 0.333. The zero-order valence-electron chi connectivity index (χ0n) is 12.8. The Morgan fingerprint density at radius 1 is 1.23 bits per heavy atom. The van der Waals surface area contributed by atoms with Gasteiger partial charge in [0.25, 0.3) is 0 Å². The quantitative estimate of drug-likeness (QED) is 0.856. The van der Waals surface area contributed by atoms with Crippen molar-refractivity contribution >= 4 is 17.3 Å². The Bertz CT molecular complexity index is 621. The zero-order chi connectivity index (χ0) is 15.4. The van der Waals surface area contributed by atoms with Crippen LogP contribution in [0.1, 0.15) is 29.5 Å². The highest BCUT2D eigenvalue weighted by Gasteiger charge is 2.30. The summed E-state index contributed by atoms with van der Waals surface area (Å²) >= 11 is 5.61. The van der Waals surface area contributed by atoms with E-state index in [1.54, 1.807) is 6.20 Å². The highest BCUT2D eigenvalue weighted by molar-refractivity contribution is 7.80. The van der Waals surface area contributed by atoms with Crippen molar-refractivity contribution < 1.29 is 0 Å². The summed E-state index contributed by atoms with van der Waals surface area (Å²) in [5.41, 5.74) is 3.74. The maximum absolute atomic E-state index is 5.61. The van der Waals surface area contributed by atoms with Gasteiger partial charge in [0.15, 0.2) is 5.11 Å². The van der Waals surface area contributed by atoms with E-state index in [0.29, 0.717) is 6.04 Å². The SMILES string of the molecule is Cc1ccc(CNC(=S)N(Cc2cccnc2)C2CC2)cc1. The van der Waals surface area contributed by atoms with E-state index >= 15 is 0 Å². The van der Waals surface area contributed by atoms with Gasteiger partial charge in [0, 0.05) is 31.5 Å². The molecule has 3 nitrogen and oxygen atoms in total. The van der Waals surface area contributed by atoms with Crippen LogP contribution in [0.15, 0.2) is 48.8 Å². The third-order valence-electron chi connectivity index (χ3n) is 3.89. The van der Waals surface area contributed by atoms with Gasteiger partial charge >= 0.3 is 0 Å². The average Bonchev–Trinajstić information content (AvgIpc) is 3.37. The Labute approximate surface area is 137 Å². The molecule has 1 saturated carbocycles. The molecule has 1 aromatic carbocycles. The lowest BCUT2D eigenvalue weighted by atomic mass is 10.1. The summed E-state index contributed by atoms with van der Waals surface area (Å²) in [5.74, 6) is 0. The molecular weight excluding hydrogens is 290 g/mol. The van der Waals surface area contributed by atoms with Crippen LogP contribution in [-0.2, 0) is 13.1 Å². The van der Waals surface area contributed by atoms with Crippen molar-refractivity contribution in [3.05, 3.63) is 65.5 Å². The summed E-state index contributed by atoms with van der Waals surface area (Å²) in [6.45, 7) is 3.71. The van der Waals surface area contributed by atoms with E-state index in [1.165, 1.54) is 29.5 Å². The van der Waals surface area contributed by atoms with Crippen molar-refractivity contribution in [3.8, 4) is 0 Å². The third kappa shape index (κ3) is 4.04. The largest absolute Gasteiger partial charge is 0.358 e. The molecule has 0 atom stereocenters. The predicted molar refractivity (Wildman–Crippen MR) is 93.4 cm³/mol. The molecule has 0 spiro atoms. The molecule has 22 heavy (non-hydrogen) atoms. The summed E-state index contributed by atoms with van der Waals surface area (Å²) in [6, 6.07) is 13.2. The van der Waals surface area contributed by atoms with Crippen molar-refractivity contribution in [3.63, 3.8) is 0 Å². The summed E-state index contributed by atoms with van der Waals surface area (Å²) in [7, 11) is 0. The number of benzene rings is 1. The van der Waals surface area contributed by atoms with Crippen LogP contribution in [-0.4, -0.2) is 21.0 Å². The molecule has 114 valence electrons. The first kappa shape index (κ1) is 15.0. The minimum Gasteiger partial charge on any atom is -0.358 e. The molecule has 0 radical (unpaired) electrons. The Morgan fingerprint density at radius 3 is 2.64 bits per heavy atom. The molecule has 3 rings (SSSR count). The summed E-state index contributed by atoms with van der Waals surface area (Å²) in [5, 5.41) is 4.24. The number of thiocarbonyl (C=S) groups is 1. The topological polar surface area (TPSA) is 28.2 Å². The molecule has 1 aromatic heterocycles. The minimum absolute atomic E-state index is 0.582. The van der Waals surface area contributed by atoms with E-state index in [2.05, 4.69) is 52.5 Å². The number of rotatable bonds is 5. The molecule has 4 heteroatoms. The van der Waals surface area contributed by atoms with Crippen LogP contribution < -0.4 is 5.32 Å². The molecule has 1 aliphatic rings. The van der Waals surface area contributed by atoms with Gasteiger partial charge in [-0.15, -0.1) is 0 Å².